The summed E-state index contributed by atoms with van der Waals surface area (Å²) in [6.07, 6.45) is 1.61. The second-order valence-corrected chi connectivity index (χ2v) is 5.12. The van der Waals surface area contributed by atoms with Crippen molar-refractivity contribution in [3.05, 3.63) is 52.1 Å². The molecule has 0 spiro atoms. The summed E-state index contributed by atoms with van der Waals surface area (Å²) in [5, 5.41) is 9.10. The molecule has 0 fully saturated rings. The van der Waals surface area contributed by atoms with Crippen LogP contribution >= 0.6 is 0 Å². The number of nitrogens with zero attached hydrogens (tertiary/aromatic N) is 4. The highest BCUT2D eigenvalue weighted by atomic mass is 16.2. The SMILES string of the molecule is Cc1ccccc1-n1ncc2c(C)nn(CC(N)=O)c(=O)c21. The molecule has 7 heteroatoms. The van der Waals surface area contributed by atoms with Crippen LogP contribution in [0.25, 0.3) is 16.6 Å². The summed E-state index contributed by atoms with van der Waals surface area (Å²) >= 11 is 0. The molecular weight excluding hydrogens is 282 g/mol. The molecular formula is C15H15N5O2. The number of carbonyl (C=O) groups is 1. The normalized spacial score (nSPS) is 11.0. The number of hydrogen-bond donors (Lipinski definition) is 1. The number of benzene rings is 1. The van der Waals surface area contributed by atoms with Gasteiger partial charge in [0.05, 0.1) is 17.6 Å². The highest BCUT2D eigenvalue weighted by molar-refractivity contribution is 5.82. The lowest BCUT2D eigenvalue weighted by Crippen LogP contribution is -2.31. The number of aryl methyl sites for hydroxylation is 2. The van der Waals surface area contributed by atoms with Crippen LogP contribution in [0.4, 0.5) is 0 Å². The molecule has 0 saturated heterocycles. The number of para-hydroxylation sites is 1. The predicted molar refractivity (Wildman–Crippen MR) is 81.8 cm³/mol. The molecule has 0 unspecified atom stereocenters. The summed E-state index contributed by atoms with van der Waals surface area (Å²) < 4.78 is 2.66. The molecule has 112 valence electrons. The molecule has 3 rings (SSSR count). The van der Waals surface area contributed by atoms with Crippen molar-refractivity contribution in [3.63, 3.8) is 0 Å². The Hall–Kier alpha value is -2.96. The van der Waals surface area contributed by atoms with Gasteiger partial charge in [0.25, 0.3) is 5.56 Å². The van der Waals surface area contributed by atoms with Crippen molar-refractivity contribution < 1.29 is 4.79 Å². The van der Waals surface area contributed by atoms with Gasteiger partial charge >= 0.3 is 0 Å². The minimum absolute atomic E-state index is 0.255. The molecule has 2 N–H and O–H groups in total. The number of hydrogen-bond acceptors (Lipinski definition) is 4. The number of aromatic nitrogens is 4. The minimum Gasteiger partial charge on any atom is -0.368 e. The zero-order valence-corrected chi connectivity index (χ0v) is 12.3. The van der Waals surface area contributed by atoms with Gasteiger partial charge in [-0.1, -0.05) is 18.2 Å². The van der Waals surface area contributed by atoms with Gasteiger partial charge in [-0.15, -0.1) is 0 Å². The third-order valence-corrected chi connectivity index (χ3v) is 3.52. The van der Waals surface area contributed by atoms with E-state index in [-0.39, 0.29) is 12.1 Å². The second kappa shape index (κ2) is 5.10. The molecule has 0 radical (unpaired) electrons. The maximum Gasteiger partial charge on any atom is 0.293 e. The Morgan fingerprint density at radius 3 is 2.68 bits per heavy atom. The quantitative estimate of drug-likeness (QED) is 0.769. The van der Waals surface area contributed by atoms with Crippen LogP contribution in [-0.2, 0) is 11.3 Å². The lowest BCUT2D eigenvalue weighted by Gasteiger charge is -2.09. The van der Waals surface area contributed by atoms with Gasteiger partial charge < -0.3 is 5.73 Å². The number of rotatable bonds is 3. The number of nitrogens with two attached hydrogens (primary N) is 1. The highest BCUT2D eigenvalue weighted by Gasteiger charge is 2.16. The van der Waals surface area contributed by atoms with Gasteiger partial charge in [-0.05, 0) is 25.5 Å². The Morgan fingerprint density at radius 1 is 1.27 bits per heavy atom. The highest BCUT2D eigenvalue weighted by Crippen LogP contribution is 2.19. The van der Waals surface area contributed by atoms with E-state index in [1.165, 1.54) is 0 Å². The maximum absolute atomic E-state index is 12.6. The van der Waals surface area contributed by atoms with E-state index >= 15 is 0 Å². The molecule has 0 aliphatic rings. The Bertz CT molecular complexity index is 939. The summed E-state index contributed by atoms with van der Waals surface area (Å²) in [6, 6.07) is 7.63. The Kier molecular flexibility index (Phi) is 3.25. The first-order valence-electron chi connectivity index (χ1n) is 6.79. The molecule has 0 bridgehead atoms. The predicted octanol–water partition coefficient (Wildman–Crippen LogP) is 0.684. The van der Waals surface area contributed by atoms with E-state index in [0.717, 1.165) is 15.9 Å². The summed E-state index contributed by atoms with van der Waals surface area (Å²) in [4.78, 5) is 23.7. The monoisotopic (exact) mass is 297 g/mol. The van der Waals surface area contributed by atoms with Crippen LogP contribution < -0.4 is 11.3 Å². The summed E-state index contributed by atoms with van der Waals surface area (Å²) in [6.45, 7) is 3.45. The average molecular weight is 297 g/mol. The smallest absolute Gasteiger partial charge is 0.293 e. The molecule has 3 aromatic rings. The first-order chi connectivity index (χ1) is 10.5. The fraction of sp³-hybridized carbons (Fsp3) is 0.200. The van der Waals surface area contributed by atoms with Gasteiger partial charge in [-0.3, -0.25) is 9.59 Å². The number of primary amides is 1. The minimum atomic E-state index is -0.615. The van der Waals surface area contributed by atoms with Crippen molar-refractivity contribution in [2.45, 2.75) is 20.4 Å². The molecule has 0 aliphatic heterocycles. The van der Waals surface area contributed by atoms with Crippen molar-refractivity contribution in [2.24, 2.45) is 5.73 Å². The summed E-state index contributed by atoms with van der Waals surface area (Å²) in [7, 11) is 0. The fourth-order valence-corrected chi connectivity index (χ4v) is 2.46. The number of fused-ring (bicyclic) bond motifs is 1. The molecule has 2 heterocycles. The lowest BCUT2D eigenvalue weighted by molar-refractivity contribution is -0.118. The van der Waals surface area contributed by atoms with E-state index in [1.807, 2.05) is 31.2 Å². The van der Waals surface area contributed by atoms with E-state index in [2.05, 4.69) is 10.2 Å². The molecule has 0 saturated carbocycles. The first kappa shape index (κ1) is 14.0. The van der Waals surface area contributed by atoms with E-state index in [1.54, 1.807) is 17.8 Å². The van der Waals surface area contributed by atoms with Gasteiger partial charge in [0.15, 0.2) is 0 Å². The molecule has 22 heavy (non-hydrogen) atoms. The van der Waals surface area contributed by atoms with Crippen LogP contribution in [0, 0.1) is 13.8 Å². The third kappa shape index (κ3) is 2.16. The number of amides is 1. The molecule has 0 atom stereocenters. The van der Waals surface area contributed by atoms with Gasteiger partial charge in [-0.25, -0.2) is 9.36 Å². The standard InChI is InChI=1S/C15H15N5O2/c1-9-5-3-4-6-12(9)20-14-11(7-17-20)10(2)18-19(15(14)22)8-13(16)21/h3-7H,8H2,1-2H3,(H2,16,21). The molecule has 0 aliphatic carbocycles. The Labute approximate surface area is 126 Å². The van der Waals surface area contributed by atoms with Crippen molar-refractivity contribution in [2.75, 3.05) is 0 Å². The third-order valence-electron chi connectivity index (χ3n) is 3.52. The van der Waals surface area contributed by atoms with E-state index < -0.39 is 5.91 Å². The topological polar surface area (TPSA) is 95.8 Å². The van der Waals surface area contributed by atoms with E-state index in [4.69, 9.17) is 5.73 Å². The summed E-state index contributed by atoms with van der Waals surface area (Å²) in [5.41, 5.74) is 7.60. The Morgan fingerprint density at radius 2 is 2.00 bits per heavy atom. The van der Waals surface area contributed by atoms with Crippen molar-refractivity contribution >= 4 is 16.8 Å². The van der Waals surface area contributed by atoms with Crippen molar-refractivity contribution in [3.8, 4) is 5.69 Å². The largest absolute Gasteiger partial charge is 0.368 e. The zero-order valence-electron chi connectivity index (χ0n) is 12.3. The van der Waals surface area contributed by atoms with Crippen LogP contribution in [0.1, 0.15) is 11.3 Å². The van der Waals surface area contributed by atoms with Crippen LogP contribution in [0.5, 0.6) is 0 Å². The zero-order chi connectivity index (χ0) is 15.9. The maximum atomic E-state index is 12.6. The molecule has 7 nitrogen and oxygen atoms in total. The van der Waals surface area contributed by atoms with Crippen LogP contribution in [0.15, 0.2) is 35.3 Å². The van der Waals surface area contributed by atoms with Gasteiger partial charge in [0, 0.05) is 5.39 Å². The molecule has 1 amide bonds. The van der Waals surface area contributed by atoms with Crippen LogP contribution in [0.2, 0.25) is 0 Å². The fourth-order valence-electron chi connectivity index (χ4n) is 2.46. The van der Waals surface area contributed by atoms with Crippen LogP contribution in [-0.4, -0.2) is 25.5 Å². The van der Waals surface area contributed by atoms with Crippen molar-refractivity contribution in [1.29, 1.82) is 0 Å². The van der Waals surface area contributed by atoms with Gasteiger partial charge in [0.2, 0.25) is 5.91 Å². The van der Waals surface area contributed by atoms with E-state index in [9.17, 15) is 9.59 Å². The molecule has 2 aromatic heterocycles. The van der Waals surface area contributed by atoms with Gasteiger partial charge in [0.1, 0.15) is 12.1 Å². The van der Waals surface area contributed by atoms with E-state index in [0.29, 0.717) is 16.6 Å². The van der Waals surface area contributed by atoms with Gasteiger partial charge in [-0.2, -0.15) is 10.2 Å². The van der Waals surface area contributed by atoms with Crippen molar-refractivity contribution in [1.82, 2.24) is 19.6 Å². The molecule has 1 aromatic carbocycles. The Balaban J connectivity index is 2.35. The summed E-state index contributed by atoms with van der Waals surface area (Å²) in [5.74, 6) is -0.615. The lowest BCUT2D eigenvalue weighted by atomic mass is 10.2. The van der Waals surface area contributed by atoms with Crippen LogP contribution in [0.3, 0.4) is 0 Å². The second-order valence-electron chi connectivity index (χ2n) is 5.12. The first-order valence-corrected chi connectivity index (χ1v) is 6.79. The number of carbonyl (C=O) groups excluding carboxylic acids is 1. The average Bonchev–Trinajstić information content (AvgIpc) is 2.90.